The summed E-state index contributed by atoms with van der Waals surface area (Å²) in [5.41, 5.74) is 2.73. The van der Waals surface area contributed by atoms with Crippen LogP contribution < -0.4 is 5.32 Å². The smallest absolute Gasteiger partial charge is 0.129 e. The van der Waals surface area contributed by atoms with Gasteiger partial charge in [-0.05, 0) is 30.5 Å². The number of hydrogen-bond donors (Lipinski definition) is 2. The summed E-state index contributed by atoms with van der Waals surface area (Å²) in [5.74, 6) is 1.13. The molecule has 21 heavy (non-hydrogen) atoms. The molecule has 2 aromatic rings. The van der Waals surface area contributed by atoms with Gasteiger partial charge in [-0.25, -0.2) is 9.97 Å². The zero-order valence-corrected chi connectivity index (χ0v) is 11.5. The lowest BCUT2D eigenvalue weighted by Crippen LogP contribution is -2.27. The maximum Gasteiger partial charge on any atom is 0.129 e. The maximum atomic E-state index is 9.36. The second kappa shape index (κ2) is 5.90. The van der Waals surface area contributed by atoms with Crippen LogP contribution in [0, 0.1) is 11.3 Å². The van der Waals surface area contributed by atoms with E-state index in [4.69, 9.17) is 5.26 Å². The second-order valence-corrected chi connectivity index (χ2v) is 5.31. The van der Waals surface area contributed by atoms with Crippen LogP contribution in [-0.2, 0) is 6.54 Å². The molecule has 1 aromatic heterocycles. The van der Waals surface area contributed by atoms with Crippen LogP contribution in [0.25, 0.3) is 0 Å². The van der Waals surface area contributed by atoms with Gasteiger partial charge in [-0.2, -0.15) is 5.26 Å². The highest BCUT2D eigenvalue weighted by atomic mass is 16.3. The summed E-state index contributed by atoms with van der Waals surface area (Å²) in [6.45, 7) is 0.648. The molecule has 1 aromatic carbocycles. The van der Waals surface area contributed by atoms with Crippen molar-refractivity contribution in [2.75, 3.05) is 5.32 Å². The monoisotopic (exact) mass is 280 g/mol. The molecule has 2 N–H and O–H groups in total. The summed E-state index contributed by atoms with van der Waals surface area (Å²) in [5, 5.41) is 21.4. The summed E-state index contributed by atoms with van der Waals surface area (Å²) < 4.78 is 0. The molecule has 0 bridgehead atoms. The summed E-state index contributed by atoms with van der Waals surface area (Å²) in [4.78, 5) is 8.49. The quantitative estimate of drug-likeness (QED) is 0.897. The zero-order valence-electron chi connectivity index (χ0n) is 11.5. The topological polar surface area (TPSA) is 81.8 Å². The van der Waals surface area contributed by atoms with E-state index in [9.17, 15) is 5.11 Å². The molecule has 0 saturated heterocycles. The van der Waals surface area contributed by atoms with Gasteiger partial charge in [0.25, 0.3) is 0 Å². The van der Waals surface area contributed by atoms with Gasteiger partial charge in [0, 0.05) is 24.2 Å². The van der Waals surface area contributed by atoms with Gasteiger partial charge in [-0.3, -0.25) is 0 Å². The lowest BCUT2D eigenvalue weighted by Gasteiger charge is -2.30. The number of aromatic nitrogens is 2. The molecule has 0 unspecified atom stereocenters. The predicted molar refractivity (Wildman–Crippen MR) is 78.5 cm³/mol. The van der Waals surface area contributed by atoms with Crippen LogP contribution in [0.4, 0.5) is 5.82 Å². The van der Waals surface area contributed by atoms with Gasteiger partial charge >= 0.3 is 0 Å². The van der Waals surface area contributed by atoms with E-state index < -0.39 is 0 Å². The number of nitriles is 1. The lowest BCUT2D eigenvalue weighted by atomic mass is 9.80. The summed E-state index contributed by atoms with van der Waals surface area (Å²) >= 11 is 0. The Morgan fingerprint density at radius 1 is 1.24 bits per heavy atom. The number of anilines is 1. The fourth-order valence-corrected chi connectivity index (χ4v) is 2.41. The van der Waals surface area contributed by atoms with E-state index in [1.807, 2.05) is 18.2 Å². The van der Waals surface area contributed by atoms with Crippen molar-refractivity contribution in [1.82, 2.24) is 9.97 Å². The lowest BCUT2D eigenvalue weighted by molar-refractivity contribution is 0.0732. The van der Waals surface area contributed by atoms with Crippen LogP contribution in [0.15, 0.2) is 36.7 Å². The third kappa shape index (κ3) is 3.18. The van der Waals surface area contributed by atoms with Crippen LogP contribution in [0.3, 0.4) is 0 Å². The van der Waals surface area contributed by atoms with Crippen LogP contribution >= 0.6 is 0 Å². The molecule has 0 atom stereocenters. The van der Waals surface area contributed by atoms with E-state index in [0.29, 0.717) is 18.0 Å². The predicted octanol–water partition coefficient (Wildman–Crippen LogP) is 2.20. The highest BCUT2D eigenvalue weighted by Gasteiger charge is 2.29. The Morgan fingerprint density at radius 3 is 2.67 bits per heavy atom. The first-order chi connectivity index (χ1) is 10.2. The summed E-state index contributed by atoms with van der Waals surface area (Å²) in [6.07, 6.45) is 2.94. The number of aliphatic hydroxyl groups excluding tert-OH is 1. The van der Waals surface area contributed by atoms with Crippen molar-refractivity contribution in [2.45, 2.75) is 31.4 Å². The van der Waals surface area contributed by atoms with Gasteiger partial charge in [0.05, 0.1) is 17.7 Å². The average Bonchev–Trinajstić information content (AvgIpc) is 2.50. The van der Waals surface area contributed by atoms with Crippen molar-refractivity contribution in [1.29, 1.82) is 5.26 Å². The second-order valence-electron chi connectivity index (χ2n) is 5.31. The molecule has 5 nitrogen and oxygen atoms in total. The number of benzene rings is 1. The fourth-order valence-electron chi connectivity index (χ4n) is 2.41. The van der Waals surface area contributed by atoms with Crippen LogP contribution in [-0.4, -0.2) is 21.2 Å². The Morgan fingerprint density at radius 2 is 2.00 bits per heavy atom. The van der Waals surface area contributed by atoms with Crippen LogP contribution in [0.2, 0.25) is 0 Å². The van der Waals surface area contributed by atoms with Crippen molar-refractivity contribution in [3.05, 3.63) is 53.5 Å². The van der Waals surface area contributed by atoms with E-state index >= 15 is 0 Å². The average molecular weight is 280 g/mol. The molecular formula is C16H16N4O. The number of nitrogens with one attached hydrogen (secondary N) is 1. The fraction of sp³-hybridized carbons (Fsp3) is 0.312. The minimum atomic E-state index is -0.181. The van der Waals surface area contributed by atoms with E-state index in [-0.39, 0.29) is 6.10 Å². The Hall–Kier alpha value is -2.45. The number of nitrogens with zero attached hydrogens (tertiary/aromatic N) is 3. The van der Waals surface area contributed by atoms with Gasteiger partial charge < -0.3 is 10.4 Å². The molecule has 0 radical (unpaired) electrons. The molecular weight excluding hydrogens is 264 g/mol. The Labute approximate surface area is 123 Å². The van der Waals surface area contributed by atoms with Crippen molar-refractivity contribution in [3.8, 4) is 6.07 Å². The van der Waals surface area contributed by atoms with Crippen LogP contribution in [0.1, 0.15) is 35.6 Å². The van der Waals surface area contributed by atoms with Gasteiger partial charge in [0.15, 0.2) is 0 Å². The molecule has 0 spiro atoms. The minimum absolute atomic E-state index is 0.181. The van der Waals surface area contributed by atoms with E-state index in [2.05, 4.69) is 21.4 Å². The van der Waals surface area contributed by atoms with E-state index in [0.717, 1.165) is 29.9 Å². The maximum absolute atomic E-state index is 9.36. The summed E-state index contributed by atoms with van der Waals surface area (Å²) in [6, 6.07) is 11.5. The highest BCUT2D eigenvalue weighted by molar-refractivity contribution is 5.38. The molecule has 0 amide bonds. The molecule has 1 aliphatic carbocycles. The first kappa shape index (κ1) is 13.5. The van der Waals surface area contributed by atoms with Crippen molar-refractivity contribution >= 4 is 5.82 Å². The normalized spacial score (nSPS) is 20.4. The van der Waals surface area contributed by atoms with E-state index in [1.54, 1.807) is 18.5 Å². The van der Waals surface area contributed by atoms with Crippen molar-refractivity contribution in [2.24, 2.45) is 0 Å². The van der Waals surface area contributed by atoms with Gasteiger partial charge in [-0.15, -0.1) is 0 Å². The van der Waals surface area contributed by atoms with Gasteiger partial charge in [0.2, 0.25) is 0 Å². The third-order valence-corrected chi connectivity index (χ3v) is 3.78. The summed E-state index contributed by atoms with van der Waals surface area (Å²) in [7, 11) is 0. The van der Waals surface area contributed by atoms with Crippen molar-refractivity contribution in [3.63, 3.8) is 0 Å². The minimum Gasteiger partial charge on any atom is -0.393 e. The first-order valence-corrected chi connectivity index (χ1v) is 6.97. The molecule has 1 aliphatic rings. The van der Waals surface area contributed by atoms with E-state index in [1.165, 1.54) is 0 Å². The number of hydrogen-bond acceptors (Lipinski definition) is 5. The molecule has 1 saturated carbocycles. The molecule has 3 rings (SSSR count). The molecule has 1 fully saturated rings. The van der Waals surface area contributed by atoms with Crippen molar-refractivity contribution < 1.29 is 5.11 Å². The van der Waals surface area contributed by atoms with Gasteiger partial charge in [0.1, 0.15) is 12.1 Å². The Bertz CT molecular complexity index is 657. The van der Waals surface area contributed by atoms with Gasteiger partial charge in [-0.1, -0.05) is 12.1 Å². The molecule has 0 aliphatic heterocycles. The first-order valence-electron chi connectivity index (χ1n) is 6.97. The number of rotatable bonds is 4. The Kier molecular flexibility index (Phi) is 3.80. The third-order valence-electron chi connectivity index (χ3n) is 3.78. The zero-order chi connectivity index (χ0) is 14.7. The Balaban J connectivity index is 1.62. The SMILES string of the molecule is N#Cc1ccc(CNc2cc(C3CC(O)C3)ncn2)cc1. The molecule has 5 heteroatoms. The highest BCUT2D eigenvalue weighted by Crippen LogP contribution is 2.35. The standard InChI is InChI=1S/C16H16N4O/c17-8-11-1-3-12(4-2-11)9-18-16-7-15(19-10-20-16)13-5-14(21)6-13/h1-4,7,10,13-14,21H,5-6,9H2,(H,18,19,20). The van der Waals surface area contributed by atoms with Crippen LogP contribution in [0.5, 0.6) is 0 Å². The number of aliphatic hydroxyl groups is 1. The molecule has 106 valence electrons. The largest absolute Gasteiger partial charge is 0.393 e. The molecule has 1 heterocycles.